The van der Waals surface area contributed by atoms with E-state index in [2.05, 4.69) is 24.2 Å². The Morgan fingerprint density at radius 3 is 2.60 bits per heavy atom. The lowest BCUT2D eigenvalue weighted by molar-refractivity contribution is 0.881. The number of hydrogen-bond donors (Lipinski definition) is 0. The van der Waals surface area contributed by atoms with Crippen LogP contribution < -0.4 is 0 Å². The molecule has 0 atom stereocenters. The zero-order valence-electron chi connectivity index (χ0n) is 11.1. The third kappa shape index (κ3) is 1.98. The maximum Gasteiger partial charge on any atom is 0.0998 e. The summed E-state index contributed by atoms with van der Waals surface area (Å²) in [6, 6.07) is 18.0. The van der Waals surface area contributed by atoms with Gasteiger partial charge in [0.15, 0.2) is 0 Å². The van der Waals surface area contributed by atoms with E-state index in [0.29, 0.717) is 5.56 Å². The number of rotatable bonds is 2. The average molecular weight is 259 g/mol. The number of nitrogens with zero attached hydrogens (tertiary/aromatic N) is 3. The summed E-state index contributed by atoms with van der Waals surface area (Å²) in [5.41, 5.74) is 4.71. The van der Waals surface area contributed by atoms with E-state index in [0.717, 1.165) is 22.4 Å². The third-order valence-corrected chi connectivity index (χ3v) is 3.33. The van der Waals surface area contributed by atoms with E-state index in [1.165, 1.54) is 0 Å². The van der Waals surface area contributed by atoms with Crippen molar-refractivity contribution in [2.24, 2.45) is 0 Å². The summed E-state index contributed by atoms with van der Waals surface area (Å²) in [6.07, 6.45) is 3.62. The highest BCUT2D eigenvalue weighted by Gasteiger charge is 2.13. The van der Waals surface area contributed by atoms with Gasteiger partial charge in [-0.15, -0.1) is 0 Å². The Kier molecular flexibility index (Phi) is 3.06. The molecule has 0 saturated heterocycles. The topological polar surface area (TPSA) is 41.6 Å². The SMILES string of the molecule is Cc1ccccc1-c1c(C#N)cccc1-n1cccn1. The van der Waals surface area contributed by atoms with Crippen LogP contribution in [0.15, 0.2) is 60.9 Å². The van der Waals surface area contributed by atoms with Crippen molar-refractivity contribution in [1.29, 1.82) is 5.26 Å². The summed E-state index contributed by atoms with van der Waals surface area (Å²) in [5, 5.41) is 13.7. The molecule has 96 valence electrons. The normalized spacial score (nSPS) is 10.2. The van der Waals surface area contributed by atoms with E-state index in [4.69, 9.17) is 0 Å². The van der Waals surface area contributed by atoms with Crippen LogP contribution in [0, 0.1) is 18.3 Å². The van der Waals surface area contributed by atoms with Crippen LogP contribution in [-0.4, -0.2) is 9.78 Å². The molecular formula is C17H13N3. The number of nitriles is 1. The summed E-state index contributed by atoms with van der Waals surface area (Å²) in [7, 11) is 0. The molecule has 0 unspecified atom stereocenters. The number of hydrogen-bond acceptors (Lipinski definition) is 2. The first kappa shape index (κ1) is 12.2. The summed E-state index contributed by atoms with van der Waals surface area (Å²) >= 11 is 0. The van der Waals surface area contributed by atoms with E-state index in [1.807, 2.05) is 48.7 Å². The fraction of sp³-hybridized carbons (Fsp3) is 0.0588. The Labute approximate surface area is 117 Å². The van der Waals surface area contributed by atoms with Crippen LogP contribution in [0.3, 0.4) is 0 Å². The third-order valence-electron chi connectivity index (χ3n) is 3.33. The molecule has 3 heteroatoms. The van der Waals surface area contributed by atoms with Gasteiger partial charge in [-0.3, -0.25) is 0 Å². The smallest absolute Gasteiger partial charge is 0.0998 e. The standard InChI is InChI=1S/C17H13N3/c1-13-6-2-3-8-15(13)17-14(12-18)7-4-9-16(17)20-11-5-10-19-20/h2-11H,1H3. The van der Waals surface area contributed by atoms with Crippen molar-refractivity contribution >= 4 is 0 Å². The molecule has 2 aromatic carbocycles. The summed E-state index contributed by atoms with van der Waals surface area (Å²) in [4.78, 5) is 0. The maximum absolute atomic E-state index is 9.41. The van der Waals surface area contributed by atoms with E-state index in [-0.39, 0.29) is 0 Å². The zero-order valence-corrected chi connectivity index (χ0v) is 11.1. The molecule has 0 radical (unpaired) electrons. The van der Waals surface area contributed by atoms with Gasteiger partial charge in [-0.1, -0.05) is 30.3 Å². The van der Waals surface area contributed by atoms with Crippen molar-refractivity contribution in [2.75, 3.05) is 0 Å². The molecule has 3 aromatic rings. The van der Waals surface area contributed by atoms with Gasteiger partial charge in [-0.2, -0.15) is 10.4 Å². The van der Waals surface area contributed by atoms with E-state index in [1.54, 1.807) is 10.9 Å². The fourth-order valence-corrected chi connectivity index (χ4v) is 2.37. The Bertz CT molecular complexity index is 780. The van der Waals surface area contributed by atoms with Crippen molar-refractivity contribution in [1.82, 2.24) is 9.78 Å². The van der Waals surface area contributed by atoms with E-state index in [9.17, 15) is 5.26 Å². The minimum atomic E-state index is 0.660. The lowest BCUT2D eigenvalue weighted by Gasteiger charge is -2.13. The van der Waals surface area contributed by atoms with Crippen molar-refractivity contribution in [3.8, 4) is 22.9 Å². The predicted molar refractivity (Wildman–Crippen MR) is 78.5 cm³/mol. The van der Waals surface area contributed by atoms with Crippen LogP contribution in [0.5, 0.6) is 0 Å². The van der Waals surface area contributed by atoms with Crippen molar-refractivity contribution in [3.63, 3.8) is 0 Å². The van der Waals surface area contributed by atoms with Gasteiger partial charge in [0.05, 0.1) is 17.3 Å². The van der Waals surface area contributed by atoms with Crippen LogP contribution >= 0.6 is 0 Å². The van der Waals surface area contributed by atoms with E-state index < -0.39 is 0 Å². The van der Waals surface area contributed by atoms with Crippen molar-refractivity contribution in [2.45, 2.75) is 6.92 Å². The molecule has 1 aromatic heterocycles. The Balaban J connectivity index is 2.34. The van der Waals surface area contributed by atoms with Crippen LogP contribution in [0.1, 0.15) is 11.1 Å². The monoisotopic (exact) mass is 259 g/mol. The van der Waals surface area contributed by atoms with Crippen LogP contribution in [0.25, 0.3) is 16.8 Å². The number of benzene rings is 2. The second-order valence-electron chi connectivity index (χ2n) is 4.58. The molecule has 0 N–H and O–H groups in total. The van der Waals surface area contributed by atoms with Gasteiger partial charge in [0.2, 0.25) is 0 Å². The molecule has 0 aliphatic heterocycles. The Morgan fingerprint density at radius 2 is 1.90 bits per heavy atom. The molecule has 3 rings (SSSR count). The van der Waals surface area contributed by atoms with Crippen molar-refractivity contribution < 1.29 is 0 Å². The zero-order chi connectivity index (χ0) is 13.9. The fourth-order valence-electron chi connectivity index (χ4n) is 2.37. The highest BCUT2D eigenvalue weighted by atomic mass is 15.3. The minimum absolute atomic E-state index is 0.660. The van der Waals surface area contributed by atoms with Gasteiger partial charge in [-0.05, 0) is 36.2 Å². The largest absolute Gasteiger partial charge is 0.240 e. The molecule has 0 saturated carbocycles. The average Bonchev–Trinajstić information content (AvgIpc) is 3.01. The molecule has 0 bridgehead atoms. The van der Waals surface area contributed by atoms with Crippen molar-refractivity contribution in [3.05, 3.63) is 72.1 Å². The van der Waals surface area contributed by atoms with Gasteiger partial charge < -0.3 is 0 Å². The minimum Gasteiger partial charge on any atom is -0.240 e. The molecule has 3 nitrogen and oxygen atoms in total. The van der Waals surface area contributed by atoms with Gasteiger partial charge in [0.1, 0.15) is 0 Å². The molecule has 0 aliphatic carbocycles. The second-order valence-corrected chi connectivity index (χ2v) is 4.58. The van der Waals surface area contributed by atoms with Gasteiger partial charge >= 0.3 is 0 Å². The highest BCUT2D eigenvalue weighted by molar-refractivity contribution is 5.80. The van der Waals surface area contributed by atoms with Gasteiger partial charge in [0.25, 0.3) is 0 Å². The van der Waals surface area contributed by atoms with Gasteiger partial charge in [0, 0.05) is 18.0 Å². The van der Waals surface area contributed by atoms with Crippen LogP contribution in [-0.2, 0) is 0 Å². The molecule has 20 heavy (non-hydrogen) atoms. The molecule has 0 aliphatic rings. The first-order chi connectivity index (χ1) is 9.81. The quantitative estimate of drug-likeness (QED) is 0.703. The van der Waals surface area contributed by atoms with Crippen LogP contribution in [0.4, 0.5) is 0 Å². The lowest BCUT2D eigenvalue weighted by atomic mass is 9.95. The summed E-state index contributed by atoms with van der Waals surface area (Å²) in [6.45, 7) is 2.05. The Hall–Kier alpha value is -2.86. The Morgan fingerprint density at radius 1 is 1.05 bits per heavy atom. The number of aromatic nitrogens is 2. The lowest BCUT2D eigenvalue weighted by Crippen LogP contribution is -2.00. The molecular weight excluding hydrogens is 246 g/mol. The molecule has 1 heterocycles. The highest BCUT2D eigenvalue weighted by Crippen LogP contribution is 2.32. The molecule has 0 spiro atoms. The number of aryl methyl sites for hydroxylation is 1. The van der Waals surface area contributed by atoms with Gasteiger partial charge in [-0.25, -0.2) is 4.68 Å². The van der Waals surface area contributed by atoms with Crippen LogP contribution in [0.2, 0.25) is 0 Å². The molecule has 0 amide bonds. The first-order valence-electron chi connectivity index (χ1n) is 6.40. The molecule has 0 fully saturated rings. The summed E-state index contributed by atoms with van der Waals surface area (Å²) in [5.74, 6) is 0. The summed E-state index contributed by atoms with van der Waals surface area (Å²) < 4.78 is 1.79. The first-order valence-corrected chi connectivity index (χ1v) is 6.40. The van der Waals surface area contributed by atoms with E-state index >= 15 is 0 Å². The predicted octanol–water partition coefficient (Wildman–Crippen LogP) is 3.72. The maximum atomic E-state index is 9.41. The second kappa shape index (κ2) is 5.02.